The first-order valence-electron chi connectivity index (χ1n) is 5.45. The average Bonchev–Trinajstić information content (AvgIpc) is 2.64. The number of carbonyl (C=O) groups excluding carboxylic acids is 1. The van der Waals surface area contributed by atoms with E-state index in [1.807, 2.05) is 13.8 Å². The lowest BCUT2D eigenvalue weighted by Crippen LogP contribution is -2.61. The minimum absolute atomic E-state index is 0.0326. The smallest absolute Gasteiger partial charge is 0.254 e. The largest absolute Gasteiger partial charge is 0.469 e. The Morgan fingerprint density at radius 2 is 2.31 bits per heavy atom. The standard InChI is InChI=1S/C12H17NO3/c1-7-4-8(6-16-7)11(15)13-9-5-10(14)12(9,2)3/h4,6,9-10,14H,5H2,1-3H3,(H,13,15). The van der Waals surface area contributed by atoms with E-state index in [2.05, 4.69) is 5.32 Å². The van der Waals surface area contributed by atoms with E-state index in [4.69, 9.17) is 4.42 Å². The Hall–Kier alpha value is -1.29. The van der Waals surface area contributed by atoms with Crippen molar-refractivity contribution in [1.82, 2.24) is 5.32 Å². The van der Waals surface area contributed by atoms with Crippen molar-refractivity contribution < 1.29 is 14.3 Å². The van der Waals surface area contributed by atoms with Gasteiger partial charge >= 0.3 is 0 Å². The number of carbonyl (C=O) groups is 1. The van der Waals surface area contributed by atoms with E-state index in [1.165, 1.54) is 6.26 Å². The van der Waals surface area contributed by atoms with Gasteiger partial charge in [-0.3, -0.25) is 4.79 Å². The molecule has 1 heterocycles. The first kappa shape index (κ1) is 11.2. The van der Waals surface area contributed by atoms with Gasteiger partial charge in [0, 0.05) is 11.5 Å². The van der Waals surface area contributed by atoms with Crippen LogP contribution in [0.2, 0.25) is 0 Å². The molecule has 1 aromatic rings. The number of hydrogen-bond acceptors (Lipinski definition) is 3. The molecule has 0 bridgehead atoms. The molecule has 2 N–H and O–H groups in total. The number of amides is 1. The van der Waals surface area contributed by atoms with Gasteiger partial charge in [-0.25, -0.2) is 0 Å². The molecule has 0 saturated heterocycles. The van der Waals surface area contributed by atoms with E-state index in [-0.39, 0.29) is 23.5 Å². The van der Waals surface area contributed by atoms with E-state index in [0.717, 1.165) is 5.76 Å². The van der Waals surface area contributed by atoms with Gasteiger partial charge < -0.3 is 14.8 Å². The Morgan fingerprint density at radius 1 is 1.62 bits per heavy atom. The fraction of sp³-hybridized carbons (Fsp3) is 0.583. The quantitative estimate of drug-likeness (QED) is 0.798. The lowest BCUT2D eigenvalue weighted by Gasteiger charge is -2.49. The van der Waals surface area contributed by atoms with Gasteiger partial charge in [0.1, 0.15) is 12.0 Å². The Morgan fingerprint density at radius 3 is 2.75 bits per heavy atom. The SMILES string of the molecule is Cc1cc(C(=O)NC2CC(O)C2(C)C)co1. The topological polar surface area (TPSA) is 62.5 Å². The fourth-order valence-electron chi connectivity index (χ4n) is 1.95. The fourth-order valence-corrected chi connectivity index (χ4v) is 1.95. The van der Waals surface area contributed by atoms with Crippen LogP contribution in [0, 0.1) is 12.3 Å². The van der Waals surface area contributed by atoms with Crippen LogP contribution in [0.4, 0.5) is 0 Å². The summed E-state index contributed by atoms with van der Waals surface area (Å²) in [6.07, 6.45) is 1.74. The predicted octanol–water partition coefficient (Wildman–Crippen LogP) is 1.48. The number of aliphatic hydroxyl groups is 1. The summed E-state index contributed by atoms with van der Waals surface area (Å²) in [5.41, 5.74) is 0.295. The van der Waals surface area contributed by atoms with Crippen LogP contribution in [-0.4, -0.2) is 23.2 Å². The summed E-state index contributed by atoms with van der Waals surface area (Å²) in [6, 6.07) is 1.74. The first-order chi connectivity index (χ1) is 7.41. The van der Waals surface area contributed by atoms with Crippen LogP contribution in [0.3, 0.4) is 0 Å². The van der Waals surface area contributed by atoms with E-state index in [0.29, 0.717) is 12.0 Å². The third kappa shape index (κ3) is 1.73. The average molecular weight is 223 g/mol. The number of furan rings is 1. The third-order valence-corrected chi connectivity index (χ3v) is 3.51. The maximum atomic E-state index is 11.8. The number of aliphatic hydroxyl groups excluding tert-OH is 1. The molecule has 2 atom stereocenters. The van der Waals surface area contributed by atoms with Crippen molar-refractivity contribution >= 4 is 5.91 Å². The second-order valence-electron chi connectivity index (χ2n) is 5.04. The van der Waals surface area contributed by atoms with E-state index >= 15 is 0 Å². The van der Waals surface area contributed by atoms with Crippen molar-refractivity contribution in [2.45, 2.75) is 39.3 Å². The Labute approximate surface area is 94.6 Å². The number of rotatable bonds is 2. The maximum Gasteiger partial charge on any atom is 0.254 e. The highest BCUT2D eigenvalue weighted by atomic mass is 16.3. The molecule has 16 heavy (non-hydrogen) atoms. The molecule has 4 heteroatoms. The zero-order valence-corrected chi connectivity index (χ0v) is 9.78. The van der Waals surface area contributed by atoms with Crippen molar-refractivity contribution in [3.8, 4) is 0 Å². The second kappa shape index (κ2) is 3.63. The molecule has 2 unspecified atom stereocenters. The molecule has 1 fully saturated rings. The first-order valence-corrected chi connectivity index (χ1v) is 5.45. The van der Waals surface area contributed by atoms with Crippen LogP contribution >= 0.6 is 0 Å². The zero-order valence-electron chi connectivity index (χ0n) is 9.78. The summed E-state index contributed by atoms with van der Waals surface area (Å²) < 4.78 is 5.08. The molecule has 1 aromatic heterocycles. The monoisotopic (exact) mass is 223 g/mol. The van der Waals surface area contributed by atoms with Crippen LogP contribution < -0.4 is 5.32 Å². The summed E-state index contributed by atoms with van der Waals surface area (Å²) in [5.74, 6) is 0.583. The summed E-state index contributed by atoms with van der Waals surface area (Å²) in [5, 5.41) is 12.5. The van der Waals surface area contributed by atoms with Crippen LogP contribution in [0.5, 0.6) is 0 Å². The Bertz CT molecular complexity index is 408. The highest BCUT2D eigenvalue weighted by Gasteiger charge is 2.48. The molecule has 2 rings (SSSR count). The maximum absolute atomic E-state index is 11.8. The molecule has 0 aliphatic heterocycles. The van der Waals surface area contributed by atoms with Crippen molar-refractivity contribution in [3.63, 3.8) is 0 Å². The lowest BCUT2D eigenvalue weighted by molar-refractivity contribution is -0.0689. The van der Waals surface area contributed by atoms with E-state index in [1.54, 1.807) is 13.0 Å². The normalized spacial score (nSPS) is 27.2. The summed E-state index contributed by atoms with van der Waals surface area (Å²) in [6.45, 7) is 5.70. The van der Waals surface area contributed by atoms with Crippen molar-refractivity contribution in [3.05, 3.63) is 23.7 Å². The minimum atomic E-state index is -0.330. The van der Waals surface area contributed by atoms with Gasteiger partial charge in [0.2, 0.25) is 0 Å². The van der Waals surface area contributed by atoms with Gasteiger partial charge in [-0.05, 0) is 19.4 Å². The van der Waals surface area contributed by atoms with Gasteiger partial charge in [0.25, 0.3) is 5.91 Å². The molecular formula is C12H17NO3. The molecule has 0 spiro atoms. The molecule has 0 aromatic carbocycles. The van der Waals surface area contributed by atoms with Crippen LogP contribution in [0.25, 0.3) is 0 Å². The highest BCUT2D eigenvalue weighted by Crippen LogP contribution is 2.40. The summed E-state index contributed by atoms with van der Waals surface area (Å²) in [7, 11) is 0. The van der Waals surface area contributed by atoms with Gasteiger partial charge in [0.05, 0.1) is 11.7 Å². The molecule has 1 saturated carbocycles. The van der Waals surface area contributed by atoms with Crippen molar-refractivity contribution in [2.24, 2.45) is 5.41 Å². The van der Waals surface area contributed by atoms with Crippen molar-refractivity contribution in [2.75, 3.05) is 0 Å². The van der Waals surface area contributed by atoms with Gasteiger partial charge in [-0.2, -0.15) is 0 Å². The Kier molecular flexibility index (Phi) is 2.54. The van der Waals surface area contributed by atoms with Crippen LogP contribution in [0.15, 0.2) is 16.7 Å². The zero-order chi connectivity index (χ0) is 11.9. The number of aryl methyl sites for hydroxylation is 1. The van der Waals surface area contributed by atoms with Gasteiger partial charge in [0.15, 0.2) is 0 Å². The predicted molar refractivity (Wildman–Crippen MR) is 59.1 cm³/mol. The van der Waals surface area contributed by atoms with E-state index in [9.17, 15) is 9.90 Å². The molecule has 88 valence electrons. The van der Waals surface area contributed by atoms with E-state index < -0.39 is 0 Å². The van der Waals surface area contributed by atoms with Gasteiger partial charge in [-0.1, -0.05) is 13.8 Å². The molecule has 1 aliphatic carbocycles. The van der Waals surface area contributed by atoms with Crippen molar-refractivity contribution in [1.29, 1.82) is 0 Å². The summed E-state index contributed by atoms with van der Waals surface area (Å²) in [4.78, 5) is 11.8. The lowest BCUT2D eigenvalue weighted by atomic mass is 9.64. The molecule has 4 nitrogen and oxygen atoms in total. The Balaban J connectivity index is 1.99. The molecule has 1 amide bonds. The second-order valence-corrected chi connectivity index (χ2v) is 5.04. The number of nitrogens with one attached hydrogen (secondary N) is 1. The molecule has 1 aliphatic rings. The summed E-state index contributed by atoms with van der Waals surface area (Å²) >= 11 is 0. The molecule has 0 radical (unpaired) electrons. The van der Waals surface area contributed by atoms with Crippen LogP contribution in [0.1, 0.15) is 36.4 Å². The molecular weight excluding hydrogens is 206 g/mol. The number of hydrogen-bond donors (Lipinski definition) is 2. The highest BCUT2D eigenvalue weighted by molar-refractivity contribution is 5.94. The van der Waals surface area contributed by atoms with Gasteiger partial charge in [-0.15, -0.1) is 0 Å². The third-order valence-electron chi connectivity index (χ3n) is 3.51. The van der Waals surface area contributed by atoms with Crippen LogP contribution in [-0.2, 0) is 0 Å². The minimum Gasteiger partial charge on any atom is -0.469 e.